The molecule has 3 heterocycles. The van der Waals surface area contributed by atoms with E-state index in [9.17, 15) is 0 Å². The predicted molar refractivity (Wildman–Crippen MR) is 125 cm³/mol. The van der Waals surface area contributed by atoms with Crippen LogP contribution in [0.25, 0.3) is 0 Å². The molecule has 0 aromatic carbocycles. The monoisotopic (exact) mass is 645 g/mol. The summed E-state index contributed by atoms with van der Waals surface area (Å²) in [5, 5.41) is 0. The number of hydrogen-bond acceptors (Lipinski definition) is 0. The third-order valence-corrected chi connectivity index (χ3v) is 4.64. The summed E-state index contributed by atoms with van der Waals surface area (Å²) >= 11 is 0. The van der Waals surface area contributed by atoms with E-state index >= 15 is 0 Å². The summed E-state index contributed by atoms with van der Waals surface area (Å²) in [6.45, 7) is 10.1. The highest BCUT2D eigenvalue weighted by atomic mass is 79.9. The van der Waals surface area contributed by atoms with Crippen LogP contribution in [-0.4, -0.2) is 0 Å². The average Bonchev–Trinajstić information content (AvgIpc) is 2.83. The Morgan fingerprint density at radius 2 is 0.576 bits per heavy atom. The van der Waals surface area contributed by atoms with Crippen molar-refractivity contribution in [3.63, 3.8) is 0 Å². The van der Waals surface area contributed by atoms with Crippen LogP contribution in [0.5, 0.6) is 0 Å². The second kappa shape index (κ2) is 27.1. The molecular formula is C27H42Br3N3. The first kappa shape index (κ1) is 36.5. The molecule has 0 unspecified atom stereocenters. The van der Waals surface area contributed by atoms with Crippen LogP contribution in [0.4, 0.5) is 0 Å². The molecule has 33 heavy (non-hydrogen) atoms. The van der Waals surface area contributed by atoms with Crippen LogP contribution in [0.3, 0.4) is 0 Å². The van der Waals surface area contributed by atoms with Crippen molar-refractivity contribution in [1.82, 2.24) is 0 Å². The number of halogens is 3. The molecule has 6 heteroatoms. The average molecular weight is 648 g/mol. The molecular weight excluding hydrogens is 606 g/mol. The Bertz CT molecular complexity index is 626. The van der Waals surface area contributed by atoms with E-state index < -0.39 is 0 Å². The van der Waals surface area contributed by atoms with Crippen LogP contribution in [0.15, 0.2) is 91.8 Å². The largest absolute Gasteiger partial charge is 1.00 e. The summed E-state index contributed by atoms with van der Waals surface area (Å²) in [6, 6.07) is 18.5. The van der Waals surface area contributed by atoms with Crippen molar-refractivity contribution in [2.75, 3.05) is 0 Å². The van der Waals surface area contributed by atoms with Gasteiger partial charge in [0.15, 0.2) is 37.2 Å². The lowest BCUT2D eigenvalue weighted by molar-refractivity contribution is -0.697. The van der Waals surface area contributed by atoms with E-state index in [4.69, 9.17) is 0 Å². The van der Waals surface area contributed by atoms with Gasteiger partial charge in [-0.25, -0.2) is 13.7 Å². The minimum atomic E-state index is 0. The lowest BCUT2D eigenvalue weighted by atomic mass is 10.3. The molecule has 0 N–H and O–H groups in total. The van der Waals surface area contributed by atoms with Gasteiger partial charge in [0.2, 0.25) is 0 Å². The fourth-order valence-corrected chi connectivity index (χ4v) is 2.77. The fraction of sp³-hybridized carbons (Fsp3) is 0.444. The summed E-state index contributed by atoms with van der Waals surface area (Å²) in [7, 11) is 0. The molecule has 3 aromatic rings. The molecule has 0 amide bonds. The molecule has 3 aromatic heterocycles. The Balaban J connectivity index is -0.000000391. The molecule has 0 fully saturated rings. The van der Waals surface area contributed by atoms with Crippen LogP contribution in [0, 0.1) is 0 Å². The van der Waals surface area contributed by atoms with Gasteiger partial charge in [-0.3, -0.25) is 0 Å². The zero-order valence-electron chi connectivity index (χ0n) is 20.5. The van der Waals surface area contributed by atoms with Crippen LogP contribution in [-0.2, 0) is 19.6 Å². The Morgan fingerprint density at radius 1 is 0.364 bits per heavy atom. The minimum absolute atomic E-state index is 0. The summed E-state index contributed by atoms with van der Waals surface area (Å²) in [5.74, 6) is 0. The Labute approximate surface area is 234 Å². The maximum absolute atomic E-state index is 2.21. The molecule has 0 bridgehead atoms. The van der Waals surface area contributed by atoms with Gasteiger partial charge in [-0.2, -0.15) is 0 Å². The normalized spacial score (nSPS) is 8.82. The molecule has 0 saturated heterocycles. The molecule has 3 rings (SSSR count). The van der Waals surface area contributed by atoms with E-state index in [1.807, 2.05) is 18.2 Å². The van der Waals surface area contributed by atoms with Gasteiger partial charge in [0.25, 0.3) is 0 Å². The zero-order valence-corrected chi connectivity index (χ0v) is 25.3. The second-order valence-corrected chi connectivity index (χ2v) is 7.40. The Hall–Kier alpha value is -1.11. The molecule has 3 nitrogen and oxygen atoms in total. The topological polar surface area (TPSA) is 11.6 Å². The first-order valence-electron chi connectivity index (χ1n) is 11.6. The number of rotatable bonds is 9. The number of pyridine rings is 3. The molecule has 0 radical (unpaired) electrons. The zero-order chi connectivity index (χ0) is 21.7. The highest BCUT2D eigenvalue weighted by Gasteiger charge is 1.95. The first-order chi connectivity index (χ1) is 14.8. The molecule has 0 spiro atoms. The highest BCUT2D eigenvalue weighted by Crippen LogP contribution is 1.87. The third-order valence-electron chi connectivity index (χ3n) is 4.64. The van der Waals surface area contributed by atoms with Crippen molar-refractivity contribution >= 4 is 0 Å². The smallest absolute Gasteiger partial charge is 0.168 e. The molecule has 0 aliphatic heterocycles. The van der Waals surface area contributed by atoms with Gasteiger partial charge in [-0.05, 0) is 0 Å². The Kier molecular flexibility index (Phi) is 30.0. The van der Waals surface area contributed by atoms with E-state index in [1.165, 1.54) is 38.5 Å². The van der Waals surface area contributed by atoms with Crippen LogP contribution in [0.1, 0.15) is 59.3 Å². The van der Waals surface area contributed by atoms with Gasteiger partial charge >= 0.3 is 0 Å². The van der Waals surface area contributed by atoms with Gasteiger partial charge in [0, 0.05) is 55.7 Å². The third kappa shape index (κ3) is 21.2. The maximum Gasteiger partial charge on any atom is 0.168 e. The van der Waals surface area contributed by atoms with Crippen molar-refractivity contribution < 1.29 is 64.6 Å². The van der Waals surface area contributed by atoms with Crippen molar-refractivity contribution in [1.29, 1.82) is 0 Å². The summed E-state index contributed by atoms with van der Waals surface area (Å²) in [4.78, 5) is 0. The Morgan fingerprint density at radius 3 is 0.758 bits per heavy atom. The number of hydrogen-bond donors (Lipinski definition) is 0. The van der Waals surface area contributed by atoms with Crippen molar-refractivity contribution in [3.8, 4) is 0 Å². The summed E-state index contributed by atoms with van der Waals surface area (Å²) in [6.07, 6.45) is 20.3. The van der Waals surface area contributed by atoms with E-state index in [1.54, 1.807) is 0 Å². The molecule has 0 saturated carbocycles. The number of nitrogens with zero attached hydrogens (tertiary/aromatic N) is 3. The lowest BCUT2D eigenvalue weighted by Crippen LogP contribution is -3.00. The SMILES string of the molecule is CCCC[n+]1ccccc1.CCCC[n+]1ccccc1.CCCC[n+]1ccccc1.[Br-].[Br-].[Br-]. The van der Waals surface area contributed by atoms with Crippen molar-refractivity contribution in [3.05, 3.63) is 91.8 Å². The number of unbranched alkanes of at least 4 members (excludes halogenated alkanes) is 3. The number of aromatic nitrogens is 3. The predicted octanol–water partition coefficient (Wildman–Crippen LogP) is -3.67. The van der Waals surface area contributed by atoms with Gasteiger partial charge in [0.1, 0.15) is 19.6 Å². The van der Waals surface area contributed by atoms with E-state index in [-0.39, 0.29) is 50.9 Å². The van der Waals surface area contributed by atoms with Crippen LogP contribution >= 0.6 is 0 Å². The second-order valence-electron chi connectivity index (χ2n) is 7.40. The van der Waals surface area contributed by atoms with E-state index in [0.717, 1.165) is 19.6 Å². The maximum atomic E-state index is 2.21. The van der Waals surface area contributed by atoms with Gasteiger partial charge < -0.3 is 50.9 Å². The molecule has 0 aliphatic rings. The molecule has 0 atom stereocenters. The quantitative estimate of drug-likeness (QED) is 0.213. The van der Waals surface area contributed by atoms with Gasteiger partial charge in [-0.1, -0.05) is 58.2 Å². The minimum Gasteiger partial charge on any atom is -1.00 e. The summed E-state index contributed by atoms with van der Waals surface area (Å²) in [5.41, 5.74) is 0. The molecule has 186 valence electrons. The molecule has 0 aliphatic carbocycles. The van der Waals surface area contributed by atoms with E-state index in [2.05, 4.69) is 108 Å². The highest BCUT2D eigenvalue weighted by molar-refractivity contribution is 4.84. The standard InChI is InChI=1S/3C9H14N.3BrH/c3*1-2-3-7-10-8-5-4-6-9-10;;;/h3*4-6,8-9H,2-3,7H2,1H3;3*1H/q3*+1;;;/p-3. The van der Waals surface area contributed by atoms with Gasteiger partial charge in [-0.15, -0.1) is 0 Å². The van der Waals surface area contributed by atoms with Crippen LogP contribution < -0.4 is 64.6 Å². The first-order valence-corrected chi connectivity index (χ1v) is 11.6. The summed E-state index contributed by atoms with van der Waals surface area (Å²) < 4.78 is 6.64. The number of aryl methyl sites for hydroxylation is 3. The van der Waals surface area contributed by atoms with Crippen LogP contribution in [0.2, 0.25) is 0 Å². The fourth-order valence-electron chi connectivity index (χ4n) is 2.77. The van der Waals surface area contributed by atoms with Gasteiger partial charge in [0.05, 0.1) is 0 Å². The lowest BCUT2D eigenvalue weighted by Gasteiger charge is -1.91. The van der Waals surface area contributed by atoms with Crippen molar-refractivity contribution in [2.24, 2.45) is 0 Å². The van der Waals surface area contributed by atoms with Crippen molar-refractivity contribution in [2.45, 2.75) is 78.9 Å². The van der Waals surface area contributed by atoms with E-state index in [0.29, 0.717) is 0 Å².